The number of carbonyl (C=O) groups excluding carboxylic acids is 2. The fourth-order valence-electron chi connectivity index (χ4n) is 2.51. The van der Waals surface area contributed by atoms with Crippen LogP contribution in [0.2, 0.25) is 0 Å². The molecule has 0 N–H and O–H groups in total. The fraction of sp³-hybridized carbons (Fsp3) is 0.500. The van der Waals surface area contributed by atoms with Crippen LogP contribution in [-0.4, -0.2) is 23.3 Å². The van der Waals surface area contributed by atoms with E-state index in [0.29, 0.717) is 6.54 Å². The SMILES string of the molecule is CCCCC(C(=O)N1CC(C)C1=O)c1ccccc1. The summed E-state index contributed by atoms with van der Waals surface area (Å²) in [6.07, 6.45) is 2.88. The molecule has 2 atom stereocenters. The van der Waals surface area contributed by atoms with Gasteiger partial charge in [-0.15, -0.1) is 0 Å². The third kappa shape index (κ3) is 2.86. The van der Waals surface area contributed by atoms with Crippen molar-refractivity contribution in [2.24, 2.45) is 5.92 Å². The third-order valence-corrected chi connectivity index (χ3v) is 3.76. The molecule has 1 fully saturated rings. The number of β-lactam (4-membered cyclic amide) rings is 1. The summed E-state index contributed by atoms with van der Waals surface area (Å²) in [6.45, 7) is 4.56. The Morgan fingerprint density at radius 1 is 1.37 bits per heavy atom. The molecule has 1 heterocycles. The van der Waals surface area contributed by atoms with E-state index in [9.17, 15) is 9.59 Å². The van der Waals surface area contributed by atoms with Gasteiger partial charge in [0.25, 0.3) is 0 Å². The molecule has 1 aliphatic heterocycles. The Morgan fingerprint density at radius 2 is 2.05 bits per heavy atom. The van der Waals surface area contributed by atoms with Crippen molar-refractivity contribution in [3.8, 4) is 0 Å². The number of benzene rings is 1. The minimum atomic E-state index is -0.169. The molecule has 0 bridgehead atoms. The summed E-state index contributed by atoms with van der Waals surface area (Å²) in [7, 11) is 0. The van der Waals surface area contributed by atoms with Gasteiger partial charge in [-0.3, -0.25) is 14.5 Å². The molecule has 1 aromatic rings. The number of nitrogens with zero attached hydrogens (tertiary/aromatic N) is 1. The van der Waals surface area contributed by atoms with Gasteiger partial charge in [0.15, 0.2) is 0 Å². The van der Waals surface area contributed by atoms with Crippen LogP contribution >= 0.6 is 0 Å². The van der Waals surface area contributed by atoms with Crippen molar-refractivity contribution in [1.82, 2.24) is 4.90 Å². The van der Waals surface area contributed by atoms with E-state index in [2.05, 4.69) is 6.92 Å². The van der Waals surface area contributed by atoms with Gasteiger partial charge in [-0.2, -0.15) is 0 Å². The molecular formula is C16H21NO2. The maximum atomic E-state index is 12.5. The van der Waals surface area contributed by atoms with E-state index in [0.717, 1.165) is 24.8 Å². The summed E-state index contributed by atoms with van der Waals surface area (Å²) in [5.41, 5.74) is 1.02. The lowest BCUT2D eigenvalue weighted by Gasteiger charge is -2.37. The third-order valence-electron chi connectivity index (χ3n) is 3.76. The van der Waals surface area contributed by atoms with Crippen molar-refractivity contribution in [2.75, 3.05) is 6.54 Å². The highest BCUT2D eigenvalue weighted by atomic mass is 16.2. The van der Waals surface area contributed by atoms with Gasteiger partial charge in [-0.1, -0.05) is 57.0 Å². The van der Waals surface area contributed by atoms with Crippen LogP contribution in [0, 0.1) is 5.92 Å². The van der Waals surface area contributed by atoms with Gasteiger partial charge >= 0.3 is 0 Å². The summed E-state index contributed by atoms with van der Waals surface area (Å²) in [6, 6.07) is 9.80. The van der Waals surface area contributed by atoms with Gasteiger partial charge in [-0.05, 0) is 12.0 Å². The monoisotopic (exact) mass is 259 g/mol. The molecule has 2 unspecified atom stereocenters. The van der Waals surface area contributed by atoms with E-state index < -0.39 is 0 Å². The molecular weight excluding hydrogens is 238 g/mol. The Labute approximate surface area is 114 Å². The average molecular weight is 259 g/mol. The quantitative estimate of drug-likeness (QED) is 0.762. The van der Waals surface area contributed by atoms with Crippen LogP contribution < -0.4 is 0 Å². The van der Waals surface area contributed by atoms with Gasteiger partial charge in [-0.25, -0.2) is 0 Å². The van der Waals surface area contributed by atoms with Crippen LogP contribution in [0.4, 0.5) is 0 Å². The lowest BCUT2D eigenvalue weighted by atomic mass is 9.89. The number of hydrogen-bond donors (Lipinski definition) is 0. The molecule has 0 saturated carbocycles. The molecule has 1 aromatic carbocycles. The van der Waals surface area contributed by atoms with E-state index in [4.69, 9.17) is 0 Å². The summed E-state index contributed by atoms with van der Waals surface area (Å²) in [5.74, 6) is -0.214. The normalized spacial score (nSPS) is 20.0. The first-order chi connectivity index (χ1) is 9.15. The lowest BCUT2D eigenvalue weighted by molar-refractivity contribution is -0.158. The number of carbonyl (C=O) groups is 2. The van der Waals surface area contributed by atoms with E-state index in [1.54, 1.807) is 0 Å². The number of amides is 2. The van der Waals surface area contributed by atoms with Crippen molar-refractivity contribution in [1.29, 1.82) is 0 Å². The molecule has 1 aliphatic rings. The number of imide groups is 1. The topological polar surface area (TPSA) is 37.4 Å². The van der Waals surface area contributed by atoms with E-state index in [1.807, 2.05) is 37.3 Å². The van der Waals surface area contributed by atoms with Gasteiger partial charge in [0.05, 0.1) is 11.8 Å². The zero-order chi connectivity index (χ0) is 13.8. The highest BCUT2D eigenvalue weighted by molar-refractivity contribution is 6.03. The maximum absolute atomic E-state index is 12.5. The standard InChI is InChI=1S/C16H21NO2/c1-3-4-10-14(13-8-6-5-7-9-13)16(19)17-11-12(2)15(17)18/h5-9,12,14H,3-4,10-11H2,1-2H3. The molecule has 3 nitrogen and oxygen atoms in total. The summed E-state index contributed by atoms with van der Waals surface area (Å²) < 4.78 is 0. The summed E-state index contributed by atoms with van der Waals surface area (Å²) in [4.78, 5) is 25.6. The van der Waals surface area contributed by atoms with Gasteiger partial charge in [0, 0.05) is 6.54 Å². The lowest BCUT2D eigenvalue weighted by Crippen LogP contribution is -2.55. The Bertz CT molecular complexity index is 455. The molecule has 0 aromatic heterocycles. The maximum Gasteiger partial charge on any atom is 0.236 e. The van der Waals surface area contributed by atoms with Crippen LogP contribution in [0.1, 0.15) is 44.6 Å². The summed E-state index contributed by atoms with van der Waals surface area (Å²) >= 11 is 0. The van der Waals surface area contributed by atoms with Crippen molar-refractivity contribution in [3.63, 3.8) is 0 Å². The van der Waals surface area contributed by atoms with Crippen molar-refractivity contribution in [2.45, 2.75) is 39.0 Å². The molecule has 19 heavy (non-hydrogen) atoms. The number of likely N-dealkylation sites (tertiary alicyclic amines) is 1. The predicted octanol–water partition coefficient (Wildman–Crippen LogP) is 2.97. The second-order valence-corrected chi connectivity index (χ2v) is 5.29. The minimum absolute atomic E-state index is 0.00606. The average Bonchev–Trinajstić information content (AvgIpc) is 2.45. The number of unbranched alkanes of at least 4 members (excludes halogenated alkanes) is 1. The molecule has 0 spiro atoms. The van der Waals surface area contributed by atoms with Gasteiger partial charge in [0.2, 0.25) is 11.8 Å². The van der Waals surface area contributed by atoms with Crippen LogP contribution in [0.5, 0.6) is 0 Å². The zero-order valence-electron chi connectivity index (χ0n) is 11.6. The summed E-state index contributed by atoms with van der Waals surface area (Å²) in [5, 5.41) is 0. The van der Waals surface area contributed by atoms with Crippen molar-refractivity contribution >= 4 is 11.8 Å². The Hall–Kier alpha value is -1.64. The van der Waals surface area contributed by atoms with E-state index >= 15 is 0 Å². The number of rotatable bonds is 5. The largest absolute Gasteiger partial charge is 0.281 e. The second-order valence-electron chi connectivity index (χ2n) is 5.29. The molecule has 3 heteroatoms. The minimum Gasteiger partial charge on any atom is -0.281 e. The highest BCUT2D eigenvalue weighted by Gasteiger charge is 2.40. The van der Waals surface area contributed by atoms with Crippen LogP contribution in [0.3, 0.4) is 0 Å². The first kappa shape index (κ1) is 13.8. The Morgan fingerprint density at radius 3 is 2.58 bits per heavy atom. The first-order valence-electron chi connectivity index (χ1n) is 7.05. The van der Waals surface area contributed by atoms with Crippen LogP contribution in [0.15, 0.2) is 30.3 Å². The van der Waals surface area contributed by atoms with Gasteiger partial charge < -0.3 is 0 Å². The Kier molecular flexibility index (Phi) is 4.35. The first-order valence-corrected chi connectivity index (χ1v) is 7.05. The number of hydrogen-bond acceptors (Lipinski definition) is 2. The molecule has 2 rings (SSSR count). The smallest absolute Gasteiger partial charge is 0.236 e. The molecule has 102 valence electrons. The van der Waals surface area contributed by atoms with Gasteiger partial charge in [0.1, 0.15) is 0 Å². The van der Waals surface area contributed by atoms with Crippen LogP contribution in [0.25, 0.3) is 0 Å². The molecule has 0 aliphatic carbocycles. The van der Waals surface area contributed by atoms with E-state index in [-0.39, 0.29) is 23.7 Å². The van der Waals surface area contributed by atoms with E-state index in [1.165, 1.54) is 4.90 Å². The zero-order valence-corrected chi connectivity index (χ0v) is 11.6. The molecule has 2 amide bonds. The van der Waals surface area contributed by atoms with Crippen LogP contribution in [-0.2, 0) is 9.59 Å². The highest BCUT2D eigenvalue weighted by Crippen LogP contribution is 2.28. The van der Waals surface area contributed by atoms with Crippen molar-refractivity contribution < 1.29 is 9.59 Å². The molecule has 0 radical (unpaired) electrons. The second kappa shape index (κ2) is 6.00. The molecule has 1 saturated heterocycles. The Balaban J connectivity index is 2.14. The predicted molar refractivity (Wildman–Crippen MR) is 74.6 cm³/mol. The van der Waals surface area contributed by atoms with Crippen molar-refractivity contribution in [3.05, 3.63) is 35.9 Å². The fourth-order valence-corrected chi connectivity index (χ4v) is 2.51.